The first kappa shape index (κ1) is 13.6. The van der Waals surface area contributed by atoms with Gasteiger partial charge in [-0.05, 0) is 66.5 Å². The van der Waals surface area contributed by atoms with Crippen molar-refractivity contribution in [1.29, 1.82) is 0 Å². The number of rotatable bonds is 5. The predicted octanol–water partition coefficient (Wildman–Crippen LogP) is 2.39. The van der Waals surface area contributed by atoms with Gasteiger partial charge in [-0.1, -0.05) is 12.1 Å². The maximum Gasteiger partial charge on any atom is 0.118 e. The Morgan fingerprint density at radius 3 is 2.33 bits per heavy atom. The molecule has 1 aromatic rings. The van der Waals surface area contributed by atoms with Crippen molar-refractivity contribution in [2.75, 3.05) is 13.7 Å². The minimum Gasteiger partial charge on any atom is -0.497 e. The second-order valence-electron chi connectivity index (χ2n) is 7.17. The smallest absolute Gasteiger partial charge is 0.118 e. The second-order valence-corrected chi connectivity index (χ2v) is 7.17. The molecule has 0 aliphatic heterocycles. The van der Waals surface area contributed by atoms with Gasteiger partial charge < -0.3 is 15.6 Å². The lowest BCUT2D eigenvalue weighted by Gasteiger charge is -2.24. The van der Waals surface area contributed by atoms with E-state index in [0.717, 1.165) is 35.0 Å². The van der Waals surface area contributed by atoms with Crippen LogP contribution in [0.5, 0.6) is 5.75 Å². The summed E-state index contributed by atoms with van der Waals surface area (Å²) in [5, 5.41) is 10.9. The lowest BCUT2D eigenvalue weighted by Crippen LogP contribution is -2.29. The van der Waals surface area contributed by atoms with Crippen LogP contribution in [0.1, 0.15) is 30.7 Å². The Hall–Kier alpha value is -1.06. The molecule has 3 aliphatic carbocycles. The lowest BCUT2D eigenvalue weighted by molar-refractivity contribution is 0.102. The van der Waals surface area contributed by atoms with Crippen molar-refractivity contribution >= 4 is 0 Å². The van der Waals surface area contributed by atoms with Crippen molar-refractivity contribution in [3.8, 4) is 5.75 Å². The summed E-state index contributed by atoms with van der Waals surface area (Å²) in [6.45, 7) is 0.513. The van der Waals surface area contributed by atoms with Crippen LogP contribution in [0.3, 0.4) is 0 Å². The van der Waals surface area contributed by atoms with Gasteiger partial charge >= 0.3 is 0 Å². The number of aliphatic hydroxyl groups excluding tert-OH is 1. The summed E-state index contributed by atoms with van der Waals surface area (Å²) in [4.78, 5) is 0. The molecule has 6 unspecified atom stereocenters. The summed E-state index contributed by atoms with van der Waals surface area (Å²) in [6, 6.07) is 8.02. The summed E-state index contributed by atoms with van der Waals surface area (Å²) in [5.74, 6) is 4.81. The fraction of sp³-hybridized carbons (Fsp3) is 0.667. The van der Waals surface area contributed by atoms with E-state index in [1.165, 1.54) is 19.3 Å². The van der Waals surface area contributed by atoms with Gasteiger partial charge in [-0.15, -0.1) is 0 Å². The Morgan fingerprint density at radius 2 is 1.81 bits per heavy atom. The second kappa shape index (κ2) is 4.99. The number of hydrogen-bond acceptors (Lipinski definition) is 3. The zero-order chi connectivity index (χ0) is 14.6. The molecule has 3 nitrogen and oxygen atoms in total. The van der Waals surface area contributed by atoms with Gasteiger partial charge in [-0.25, -0.2) is 0 Å². The first-order chi connectivity index (χ1) is 10.2. The largest absolute Gasteiger partial charge is 0.497 e. The van der Waals surface area contributed by atoms with Crippen molar-refractivity contribution < 1.29 is 9.84 Å². The number of aliphatic hydroxyl groups is 1. The van der Waals surface area contributed by atoms with Crippen LogP contribution in [0.25, 0.3) is 0 Å². The average molecular weight is 287 g/mol. The third-order valence-corrected chi connectivity index (χ3v) is 6.40. The van der Waals surface area contributed by atoms with Crippen molar-refractivity contribution in [1.82, 2.24) is 0 Å². The summed E-state index contributed by atoms with van der Waals surface area (Å²) in [5.41, 5.74) is 7.13. The van der Waals surface area contributed by atoms with E-state index < -0.39 is 0 Å². The van der Waals surface area contributed by atoms with Crippen LogP contribution in [0.15, 0.2) is 24.3 Å². The van der Waals surface area contributed by atoms with Crippen molar-refractivity contribution in [3.05, 3.63) is 29.8 Å². The standard InChI is InChI=1S/C18H25NO2/c1-21-13-6-4-10(5-7-13)14(9-19)18(20)17-15-11-2-3-12(8-11)16(15)17/h4-7,11-12,14-18,20H,2-3,8-9,19H2,1H3. The van der Waals surface area contributed by atoms with Gasteiger partial charge in [0.1, 0.15) is 5.75 Å². The third-order valence-electron chi connectivity index (χ3n) is 6.40. The molecule has 1 aromatic carbocycles. The normalized spacial score (nSPS) is 38.9. The van der Waals surface area contributed by atoms with E-state index in [0.29, 0.717) is 12.5 Å². The molecule has 0 spiro atoms. The SMILES string of the molecule is COc1ccc(C(CN)C(O)C2C3C4CCC(C4)C32)cc1. The Balaban J connectivity index is 1.50. The highest BCUT2D eigenvalue weighted by atomic mass is 16.5. The molecule has 4 rings (SSSR count). The maximum atomic E-state index is 10.9. The van der Waals surface area contributed by atoms with Crippen molar-refractivity contribution in [3.63, 3.8) is 0 Å². The highest BCUT2D eigenvalue weighted by Crippen LogP contribution is 2.71. The van der Waals surface area contributed by atoms with Gasteiger partial charge in [0.15, 0.2) is 0 Å². The van der Waals surface area contributed by atoms with E-state index in [-0.39, 0.29) is 12.0 Å². The van der Waals surface area contributed by atoms with Crippen LogP contribution in [-0.2, 0) is 0 Å². The van der Waals surface area contributed by atoms with Crippen LogP contribution in [-0.4, -0.2) is 24.9 Å². The number of hydrogen-bond donors (Lipinski definition) is 2. The van der Waals surface area contributed by atoms with Gasteiger partial charge in [0.05, 0.1) is 13.2 Å². The quantitative estimate of drug-likeness (QED) is 0.874. The summed E-state index contributed by atoms with van der Waals surface area (Å²) in [7, 11) is 1.67. The van der Waals surface area contributed by atoms with Crippen molar-refractivity contribution in [2.24, 2.45) is 35.3 Å². The topological polar surface area (TPSA) is 55.5 Å². The van der Waals surface area contributed by atoms with Crippen LogP contribution < -0.4 is 10.5 Å². The predicted molar refractivity (Wildman–Crippen MR) is 82.1 cm³/mol. The van der Waals surface area contributed by atoms with E-state index in [2.05, 4.69) is 0 Å². The van der Waals surface area contributed by atoms with Crippen molar-refractivity contribution in [2.45, 2.75) is 31.3 Å². The van der Waals surface area contributed by atoms with Crippen LogP contribution in [0, 0.1) is 29.6 Å². The molecule has 114 valence electrons. The number of methoxy groups -OCH3 is 1. The van der Waals surface area contributed by atoms with Gasteiger partial charge in [-0.3, -0.25) is 0 Å². The molecule has 3 saturated carbocycles. The van der Waals surface area contributed by atoms with Gasteiger partial charge in [-0.2, -0.15) is 0 Å². The molecule has 3 fully saturated rings. The molecule has 0 radical (unpaired) electrons. The number of ether oxygens (including phenoxy) is 1. The van der Waals surface area contributed by atoms with E-state index in [4.69, 9.17) is 10.5 Å². The minimum absolute atomic E-state index is 0.0610. The van der Waals surface area contributed by atoms with Gasteiger partial charge in [0, 0.05) is 12.5 Å². The molecule has 0 amide bonds. The Kier molecular flexibility index (Phi) is 3.23. The Bertz CT molecular complexity index is 498. The number of benzene rings is 1. The van der Waals surface area contributed by atoms with Crippen LogP contribution in [0.2, 0.25) is 0 Å². The molecular formula is C18H25NO2. The summed E-state index contributed by atoms with van der Waals surface area (Å²) >= 11 is 0. The van der Waals surface area contributed by atoms with E-state index >= 15 is 0 Å². The van der Waals surface area contributed by atoms with Gasteiger partial charge in [0.2, 0.25) is 0 Å². The van der Waals surface area contributed by atoms with E-state index in [1.54, 1.807) is 7.11 Å². The highest BCUT2D eigenvalue weighted by Gasteiger charge is 2.67. The Labute approximate surface area is 126 Å². The van der Waals surface area contributed by atoms with E-state index in [1.807, 2.05) is 24.3 Å². The molecule has 0 heterocycles. The third kappa shape index (κ3) is 2.01. The summed E-state index contributed by atoms with van der Waals surface area (Å²) in [6.07, 6.45) is 3.94. The van der Waals surface area contributed by atoms with Crippen LogP contribution in [0.4, 0.5) is 0 Å². The summed E-state index contributed by atoms with van der Waals surface area (Å²) < 4.78 is 5.21. The lowest BCUT2D eigenvalue weighted by atomic mass is 9.86. The molecule has 6 atom stereocenters. The zero-order valence-electron chi connectivity index (χ0n) is 12.6. The average Bonchev–Trinajstić information content (AvgIpc) is 2.96. The van der Waals surface area contributed by atoms with Gasteiger partial charge in [0.25, 0.3) is 0 Å². The molecule has 21 heavy (non-hydrogen) atoms. The van der Waals surface area contributed by atoms with E-state index in [9.17, 15) is 5.11 Å². The van der Waals surface area contributed by atoms with Crippen LogP contribution >= 0.6 is 0 Å². The number of fused-ring (bicyclic) bond motifs is 5. The molecule has 0 aromatic heterocycles. The fourth-order valence-corrected chi connectivity index (χ4v) is 5.44. The maximum absolute atomic E-state index is 10.9. The monoisotopic (exact) mass is 287 g/mol. The number of nitrogens with two attached hydrogens (primary N) is 1. The first-order valence-electron chi connectivity index (χ1n) is 8.26. The fourth-order valence-electron chi connectivity index (χ4n) is 5.44. The highest BCUT2D eigenvalue weighted by molar-refractivity contribution is 5.31. The minimum atomic E-state index is -0.276. The zero-order valence-corrected chi connectivity index (χ0v) is 12.6. The molecule has 3 N–H and O–H groups in total. The molecule has 3 heteroatoms. The molecular weight excluding hydrogens is 262 g/mol. The molecule has 3 aliphatic rings. The Morgan fingerprint density at radius 1 is 1.19 bits per heavy atom. The molecule has 0 saturated heterocycles. The first-order valence-corrected chi connectivity index (χ1v) is 8.26. The molecule has 2 bridgehead atoms.